The summed E-state index contributed by atoms with van der Waals surface area (Å²) in [4.78, 5) is 0. The summed E-state index contributed by atoms with van der Waals surface area (Å²) in [6.07, 6.45) is 3.92. The first-order valence-corrected chi connectivity index (χ1v) is 8.51. The lowest BCUT2D eigenvalue weighted by atomic mass is 9.91. The third-order valence-electron chi connectivity index (χ3n) is 3.92. The van der Waals surface area contributed by atoms with E-state index in [2.05, 4.69) is 23.9 Å². The van der Waals surface area contributed by atoms with Gasteiger partial charge < -0.3 is 5.32 Å². The molecule has 2 aliphatic rings. The minimum atomic E-state index is -3.25. The molecule has 0 aromatic heterocycles. The van der Waals surface area contributed by atoms with Crippen LogP contribution in [0.4, 0.5) is 0 Å². The molecular formula is C12H25N3O2S. The normalized spacial score (nSPS) is 30.6. The van der Waals surface area contributed by atoms with E-state index in [0.29, 0.717) is 25.0 Å². The molecule has 1 saturated heterocycles. The predicted molar refractivity (Wildman–Crippen MR) is 72.5 cm³/mol. The molecule has 1 aliphatic carbocycles. The molecule has 0 aromatic rings. The van der Waals surface area contributed by atoms with Crippen LogP contribution in [0.1, 0.15) is 39.5 Å². The Morgan fingerprint density at radius 2 is 1.94 bits per heavy atom. The minimum absolute atomic E-state index is 0.196. The van der Waals surface area contributed by atoms with Crippen LogP contribution < -0.4 is 10.0 Å². The van der Waals surface area contributed by atoms with Crippen LogP contribution in [0.3, 0.4) is 0 Å². The molecule has 2 fully saturated rings. The van der Waals surface area contributed by atoms with E-state index in [4.69, 9.17) is 0 Å². The fourth-order valence-corrected chi connectivity index (χ4v) is 4.19. The van der Waals surface area contributed by atoms with Crippen LogP contribution in [0.2, 0.25) is 0 Å². The Morgan fingerprint density at radius 1 is 1.22 bits per heavy atom. The summed E-state index contributed by atoms with van der Waals surface area (Å²) in [6.45, 7) is 6.48. The van der Waals surface area contributed by atoms with Gasteiger partial charge in [0.15, 0.2) is 0 Å². The molecule has 2 N–H and O–H groups in total. The van der Waals surface area contributed by atoms with Crippen LogP contribution in [0.15, 0.2) is 0 Å². The molecule has 5 nitrogen and oxygen atoms in total. The zero-order valence-electron chi connectivity index (χ0n) is 11.4. The van der Waals surface area contributed by atoms with Crippen molar-refractivity contribution in [3.05, 3.63) is 0 Å². The first kappa shape index (κ1) is 14.2. The average Bonchev–Trinajstić information content (AvgIpc) is 3.13. The number of hydrogen-bond donors (Lipinski definition) is 2. The van der Waals surface area contributed by atoms with Crippen molar-refractivity contribution in [2.75, 3.05) is 19.6 Å². The SMILES string of the molecule is CCNC1CCN(S(=O)(=O)NC2CC2)CC1CC. The lowest BCUT2D eigenvalue weighted by molar-refractivity contribution is 0.202. The first-order chi connectivity index (χ1) is 8.56. The molecule has 0 amide bonds. The van der Waals surface area contributed by atoms with Crippen molar-refractivity contribution in [2.45, 2.75) is 51.6 Å². The van der Waals surface area contributed by atoms with E-state index in [9.17, 15) is 8.42 Å². The fourth-order valence-electron chi connectivity index (χ4n) is 2.65. The van der Waals surface area contributed by atoms with E-state index >= 15 is 0 Å². The van der Waals surface area contributed by atoms with Crippen LogP contribution in [-0.4, -0.2) is 44.4 Å². The van der Waals surface area contributed by atoms with Crippen molar-refractivity contribution >= 4 is 10.2 Å². The standard InChI is InChI=1S/C12H25N3O2S/c1-3-10-9-15(8-7-12(10)13-4-2)18(16,17)14-11-5-6-11/h10-14H,3-9H2,1-2H3. The largest absolute Gasteiger partial charge is 0.314 e. The van der Waals surface area contributed by atoms with Crippen molar-refractivity contribution in [2.24, 2.45) is 5.92 Å². The Hall–Kier alpha value is -0.170. The summed E-state index contributed by atoms with van der Waals surface area (Å²) in [5, 5.41) is 3.47. The van der Waals surface area contributed by atoms with Gasteiger partial charge >= 0.3 is 0 Å². The van der Waals surface area contributed by atoms with Gasteiger partial charge in [-0.25, -0.2) is 0 Å². The third-order valence-corrected chi connectivity index (χ3v) is 5.56. The molecule has 6 heteroatoms. The lowest BCUT2D eigenvalue weighted by Gasteiger charge is -2.37. The Kier molecular flexibility index (Phi) is 4.64. The first-order valence-electron chi connectivity index (χ1n) is 7.07. The van der Waals surface area contributed by atoms with Crippen molar-refractivity contribution in [1.29, 1.82) is 0 Å². The summed E-state index contributed by atoms with van der Waals surface area (Å²) in [6, 6.07) is 0.661. The molecule has 1 aliphatic heterocycles. The quantitative estimate of drug-likeness (QED) is 0.750. The Labute approximate surface area is 110 Å². The fraction of sp³-hybridized carbons (Fsp3) is 1.00. The zero-order valence-corrected chi connectivity index (χ0v) is 12.2. The van der Waals surface area contributed by atoms with Gasteiger partial charge in [-0.2, -0.15) is 17.4 Å². The topological polar surface area (TPSA) is 61.4 Å². The summed E-state index contributed by atoms with van der Waals surface area (Å²) in [5.74, 6) is 0.425. The van der Waals surface area contributed by atoms with E-state index < -0.39 is 10.2 Å². The Morgan fingerprint density at radius 3 is 2.50 bits per heavy atom. The molecule has 0 bridgehead atoms. The number of piperidine rings is 1. The highest BCUT2D eigenvalue weighted by Gasteiger charge is 2.36. The van der Waals surface area contributed by atoms with Gasteiger partial charge in [-0.3, -0.25) is 0 Å². The molecule has 2 atom stereocenters. The van der Waals surface area contributed by atoms with E-state index in [1.165, 1.54) is 0 Å². The monoisotopic (exact) mass is 275 g/mol. The van der Waals surface area contributed by atoms with Crippen LogP contribution in [0, 0.1) is 5.92 Å². The Balaban J connectivity index is 1.95. The van der Waals surface area contributed by atoms with Gasteiger partial charge in [-0.15, -0.1) is 0 Å². The second-order valence-corrected chi connectivity index (χ2v) is 7.08. The van der Waals surface area contributed by atoms with Gasteiger partial charge in [0.2, 0.25) is 0 Å². The van der Waals surface area contributed by atoms with Gasteiger partial charge in [0, 0.05) is 25.2 Å². The predicted octanol–water partition coefficient (Wildman–Crippen LogP) is 0.693. The van der Waals surface area contributed by atoms with E-state index in [0.717, 1.165) is 32.2 Å². The summed E-state index contributed by atoms with van der Waals surface area (Å²) < 4.78 is 28.7. The molecule has 106 valence electrons. The molecular weight excluding hydrogens is 250 g/mol. The van der Waals surface area contributed by atoms with Crippen molar-refractivity contribution in [3.63, 3.8) is 0 Å². The average molecular weight is 275 g/mol. The van der Waals surface area contributed by atoms with Crippen LogP contribution in [0.25, 0.3) is 0 Å². The molecule has 1 heterocycles. The van der Waals surface area contributed by atoms with Gasteiger partial charge in [0.05, 0.1) is 0 Å². The minimum Gasteiger partial charge on any atom is -0.314 e. The molecule has 2 unspecified atom stereocenters. The molecule has 0 radical (unpaired) electrons. The Bertz CT molecular complexity index is 368. The highest BCUT2D eigenvalue weighted by atomic mass is 32.2. The summed E-state index contributed by atoms with van der Waals surface area (Å²) >= 11 is 0. The number of nitrogens with one attached hydrogen (secondary N) is 2. The van der Waals surface area contributed by atoms with Crippen LogP contribution in [-0.2, 0) is 10.2 Å². The van der Waals surface area contributed by atoms with E-state index in [-0.39, 0.29) is 6.04 Å². The van der Waals surface area contributed by atoms with Gasteiger partial charge in [0.1, 0.15) is 0 Å². The molecule has 18 heavy (non-hydrogen) atoms. The number of nitrogens with zero attached hydrogens (tertiary/aromatic N) is 1. The third kappa shape index (κ3) is 3.44. The van der Waals surface area contributed by atoms with Gasteiger partial charge in [-0.05, 0) is 31.7 Å². The number of rotatable bonds is 6. The number of hydrogen-bond acceptors (Lipinski definition) is 3. The maximum atomic E-state index is 12.2. The smallest absolute Gasteiger partial charge is 0.279 e. The molecule has 0 spiro atoms. The second kappa shape index (κ2) is 5.86. The van der Waals surface area contributed by atoms with Crippen LogP contribution in [0.5, 0.6) is 0 Å². The zero-order chi connectivity index (χ0) is 13.2. The maximum Gasteiger partial charge on any atom is 0.279 e. The summed E-state index contributed by atoms with van der Waals surface area (Å²) in [7, 11) is -3.25. The van der Waals surface area contributed by atoms with Crippen molar-refractivity contribution < 1.29 is 8.42 Å². The lowest BCUT2D eigenvalue weighted by Crippen LogP contribution is -2.53. The second-order valence-electron chi connectivity index (χ2n) is 5.38. The van der Waals surface area contributed by atoms with Crippen molar-refractivity contribution in [3.8, 4) is 0 Å². The molecule has 2 rings (SSSR count). The molecule has 1 saturated carbocycles. The summed E-state index contributed by atoms with van der Waals surface area (Å²) in [5.41, 5.74) is 0. The van der Waals surface area contributed by atoms with Crippen molar-refractivity contribution in [1.82, 2.24) is 14.3 Å². The molecule has 0 aromatic carbocycles. The highest BCUT2D eigenvalue weighted by Crippen LogP contribution is 2.25. The van der Waals surface area contributed by atoms with Gasteiger partial charge in [0.25, 0.3) is 10.2 Å². The van der Waals surface area contributed by atoms with Gasteiger partial charge in [-0.1, -0.05) is 20.3 Å². The van der Waals surface area contributed by atoms with E-state index in [1.54, 1.807) is 4.31 Å². The highest BCUT2D eigenvalue weighted by molar-refractivity contribution is 7.87. The maximum absolute atomic E-state index is 12.2. The van der Waals surface area contributed by atoms with E-state index in [1.807, 2.05) is 0 Å². The van der Waals surface area contributed by atoms with Crippen LogP contribution >= 0.6 is 0 Å².